The van der Waals surface area contributed by atoms with Crippen LogP contribution in [0, 0.1) is 11.8 Å². The Balaban J connectivity index is 0.940. The third-order valence-electron chi connectivity index (χ3n) is 10.9. The van der Waals surface area contributed by atoms with Gasteiger partial charge in [-0.2, -0.15) is 0 Å². The van der Waals surface area contributed by atoms with Crippen LogP contribution in [0.3, 0.4) is 0 Å². The molecule has 4 saturated heterocycles. The van der Waals surface area contributed by atoms with Crippen LogP contribution in [-0.4, -0.2) is 61.9 Å². The maximum absolute atomic E-state index is 13.5. The maximum Gasteiger partial charge on any atom is 0.292 e. The molecule has 4 amide bonds. The van der Waals surface area contributed by atoms with E-state index in [4.69, 9.17) is 0 Å². The quantitative estimate of drug-likeness (QED) is 0.378. The molecule has 3 aromatic rings. The number of benzene rings is 3. The van der Waals surface area contributed by atoms with Crippen molar-refractivity contribution >= 4 is 35.0 Å². The molecule has 3 aromatic carbocycles. The molecule has 2 N–H and O–H groups in total. The lowest BCUT2D eigenvalue weighted by molar-refractivity contribution is -0.920. The normalized spacial score (nSPS) is 28.7. The molecule has 0 unspecified atom stereocenters. The highest BCUT2D eigenvalue weighted by Gasteiger charge is 2.48. The summed E-state index contributed by atoms with van der Waals surface area (Å²) in [5, 5.41) is 0. The molecule has 46 heavy (non-hydrogen) atoms. The topological polar surface area (TPSA) is 83.6 Å². The average molecular weight is 621 g/mol. The highest BCUT2D eigenvalue weighted by Crippen LogP contribution is 2.29. The summed E-state index contributed by atoms with van der Waals surface area (Å²) < 4.78 is 0. The van der Waals surface area contributed by atoms with Crippen molar-refractivity contribution in [2.75, 3.05) is 36.0 Å². The third-order valence-corrected chi connectivity index (χ3v) is 10.9. The lowest BCUT2D eigenvalue weighted by Crippen LogP contribution is -3.17. The average Bonchev–Trinajstić information content (AvgIpc) is 3.55. The van der Waals surface area contributed by atoms with E-state index < -0.39 is 0 Å². The summed E-state index contributed by atoms with van der Waals surface area (Å²) in [7, 11) is 0. The standard InChI is InChI=1S/C38H42N4O4/c43-35-25-33(39-19-15-29(16-20-39)23-27-7-3-1-4-8-27)37(45)41(35)31-11-13-32(14-12-31)42-36(44)26-34(38(42)46)40-21-17-30(18-22-40)24-28-9-5-2-6-10-28/h1-14,29-30,33-34H,15-26H2/p+2/t33-,34-/m1/s1. The van der Waals surface area contributed by atoms with Crippen molar-refractivity contribution in [3.05, 3.63) is 96.1 Å². The predicted octanol–water partition coefficient (Wildman–Crippen LogP) is 2.03. The lowest BCUT2D eigenvalue weighted by atomic mass is 9.89. The van der Waals surface area contributed by atoms with Gasteiger partial charge in [0.1, 0.15) is 0 Å². The second-order valence-corrected chi connectivity index (χ2v) is 13.7. The van der Waals surface area contributed by atoms with Gasteiger partial charge < -0.3 is 9.80 Å². The van der Waals surface area contributed by atoms with Crippen molar-refractivity contribution in [1.29, 1.82) is 0 Å². The number of quaternary nitrogens is 2. The fourth-order valence-electron chi connectivity index (χ4n) is 8.29. The zero-order valence-electron chi connectivity index (χ0n) is 26.4. The molecule has 8 heteroatoms. The van der Waals surface area contributed by atoms with Crippen molar-refractivity contribution in [3.8, 4) is 0 Å². The van der Waals surface area contributed by atoms with Gasteiger partial charge in [0, 0.05) is 0 Å². The number of carbonyl (C=O) groups excluding carboxylic acids is 4. The van der Waals surface area contributed by atoms with Crippen molar-refractivity contribution < 1.29 is 29.0 Å². The summed E-state index contributed by atoms with van der Waals surface area (Å²) >= 11 is 0. The molecule has 0 bridgehead atoms. The summed E-state index contributed by atoms with van der Waals surface area (Å²) in [6.45, 7) is 3.56. The van der Waals surface area contributed by atoms with E-state index in [9.17, 15) is 19.2 Å². The molecule has 7 rings (SSSR count). The van der Waals surface area contributed by atoms with Gasteiger partial charge in [-0.15, -0.1) is 0 Å². The lowest BCUT2D eigenvalue weighted by Gasteiger charge is -2.32. The third kappa shape index (κ3) is 6.29. The number of hydrogen-bond donors (Lipinski definition) is 2. The molecule has 0 spiro atoms. The number of anilines is 2. The summed E-state index contributed by atoms with van der Waals surface area (Å²) in [6, 6.07) is 27.2. The minimum absolute atomic E-state index is 0.151. The van der Waals surface area contributed by atoms with Gasteiger partial charge in [0.25, 0.3) is 11.8 Å². The van der Waals surface area contributed by atoms with Crippen LogP contribution < -0.4 is 19.6 Å². The van der Waals surface area contributed by atoms with Gasteiger partial charge in [-0.25, -0.2) is 9.80 Å². The van der Waals surface area contributed by atoms with E-state index in [0.717, 1.165) is 64.7 Å². The molecule has 8 nitrogen and oxygen atoms in total. The summed E-state index contributed by atoms with van der Waals surface area (Å²) in [5.41, 5.74) is 3.71. The summed E-state index contributed by atoms with van der Waals surface area (Å²) in [4.78, 5) is 58.3. The Bertz CT molecular complexity index is 1440. The molecule has 0 saturated carbocycles. The van der Waals surface area contributed by atoms with Crippen molar-refractivity contribution in [2.24, 2.45) is 11.8 Å². The number of nitrogens with zero attached hydrogens (tertiary/aromatic N) is 2. The molecular formula is C38H44N4O4+2. The first-order valence-electron chi connectivity index (χ1n) is 17.0. The van der Waals surface area contributed by atoms with Gasteiger partial charge in [-0.05, 0) is 85.8 Å². The van der Waals surface area contributed by atoms with Crippen LogP contribution in [0.5, 0.6) is 0 Å². The number of piperidine rings is 2. The maximum atomic E-state index is 13.5. The monoisotopic (exact) mass is 620 g/mol. The van der Waals surface area contributed by atoms with Gasteiger partial charge in [-0.1, -0.05) is 60.7 Å². The first-order valence-corrected chi connectivity index (χ1v) is 17.0. The summed E-state index contributed by atoms with van der Waals surface area (Å²) in [5.74, 6) is 0.531. The van der Waals surface area contributed by atoms with Crippen LogP contribution in [-0.2, 0) is 32.0 Å². The van der Waals surface area contributed by atoms with Crippen LogP contribution in [0.1, 0.15) is 49.7 Å². The Kier molecular flexibility index (Phi) is 8.82. The Morgan fingerprint density at radius 1 is 0.500 bits per heavy atom. The van der Waals surface area contributed by atoms with Crippen molar-refractivity contribution in [1.82, 2.24) is 0 Å². The Morgan fingerprint density at radius 2 is 0.848 bits per heavy atom. The van der Waals surface area contributed by atoms with Crippen molar-refractivity contribution in [3.63, 3.8) is 0 Å². The largest absolute Gasteiger partial charge is 0.324 e. The van der Waals surface area contributed by atoms with E-state index in [2.05, 4.69) is 48.5 Å². The van der Waals surface area contributed by atoms with E-state index in [1.165, 1.54) is 30.7 Å². The van der Waals surface area contributed by atoms with E-state index in [0.29, 0.717) is 23.2 Å². The Morgan fingerprint density at radius 3 is 1.20 bits per heavy atom. The molecule has 238 valence electrons. The highest BCUT2D eigenvalue weighted by atomic mass is 16.2. The Labute approximate surface area is 271 Å². The molecule has 2 atom stereocenters. The smallest absolute Gasteiger partial charge is 0.292 e. The second-order valence-electron chi connectivity index (χ2n) is 13.7. The van der Waals surface area contributed by atoms with E-state index >= 15 is 0 Å². The zero-order valence-corrected chi connectivity index (χ0v) is 26.4. The fraction of sp³-hybridized carbons (Fsp3) is 0.421. The van der Waals surface area contributed by atoms with Crippen LogP contribution in [0.2, 0.25) is 0 Å². The number of rotatable bonds is 8. The van der Waals surface area contributed by atoms with Gasteiger partial charge >= 0.3 is 0 Å². The molecular weight excluding hydrogens is 576 g/mol. The van der Waals surface area contributed by atoms with Gasteiger partial charge in [0.15, 0.2) is 12.1 Å². The molecule has 4 heterocycles. The molecule has 4 aliphatic heterocycles. The zero-order chi connectivity index (χ0) is 31.6. The number of amides is 4. The summed E-state index contributed by atoms with van der Waals surface area (Å²) in [6.07, 6.45) is 6.73. The number of carbonyl (C=O) groups is 4. The van der Waals surface area contributed by atoms with E-state index in [-0.39, 0.29) is 48.6 Å². The van der Waals surface area contributed by atoms with Gasteiger partial charge in [0.2, 0.25) is 11.8 Å². The van der Waals surface area contributed by atoms with Crippen molar-refractivity contribution in [2.45, 2.75) is 63.5 Å². The fourth-order valence-corrected chi connectivity index (χ4v) is 8.29. The van der Waals surface area contributed by atoms with Crippen LogP contribution in [0.25, 0.3) is 0 Å². The number of hydrogen-bond acceptors (Lipinski definition) is 4. The predicted molar refractivity (Wildman–Crippen MR) is 175 cm³/mol. The van der Waals surface area contributed by atoms with Gasteiger partial charge in [0.05, 0.1) is 50.4 Å². The number of imide groups is 2. The SMILES string of the molecule is O=C1C[C@@H]([NH+]2CCC(Cc3ccccc3)CC2)C(=O)N1c1ccc(N2C(=O)C[C@@H]([NH+]3CCC(Cc4ccccc4)CC3)C2=O)cc1. The van der Waals surface area contributed by atoms with Crippen LogP contribution >= 0.6 is 0 Å². The molecule has 4 aliphatic rings. The number of nitrogens with one attached hydrogen (secondary N) is 2. The first-order chi connectivity index (χ1) is 22.4. The minimum Gasteiger partial charge on any atom is -0.324 e. The second kappa shape index (κ2) is 13.3. The van der Waals surface area contributed by atoms with E-state index in [1.807, 2.05) is 12.1 Å². The van der Waals surface area contributed by atoms with Gasteiger partial charge in [-0.3, -0.25) is 19.2 Å². The molecule has 4 fully saturated rings. The highest BCUT2D eigenvalue weighted by molar-refractivity contribution is 6.23. The Hall–Kier alpha value is -4.14. The van der Waals surface area contributed by atoms with E-state index in [1.54, 1.807) is 24.3 Å². The van der Waals surface area contributed by atoms with Crippen LogP contribution in [0.15, 0.2) is 84.9 Å². The molecule has 0 radical (unpaired) electrons. The number of likely N-dealkylation sites (tertiary alicyclic amines) is 2. The molecule has 0 aliphatic carbocycles. The minimum atomic E-state index is -0.354. The first kappa shape index (κ1) is 30.5. The molecule has 0 aromatic heterocycles. The van der Waals surface area contributed by atoms with Crippen LogP contribution in [0.4, 0.5) is 11.4 Å².